The smallest absolute Gasteiger partial charge is 0.229 e. The lowest BCUT2D eigenvalue weighted by molar-refractivity contribution is 0.509. The highest BCUT2D eigenvalue weighted by molar-refractivity contribution is 6.92. The maximum absolute atomic E-state index is 7.17. The molecule has 0 aromatic heterocycles. The highest BCUT2D eigenvalue weighted by Gasteiger charge is 2.41. The fourth-order valence-electron chi connectivity index (χ4n) is 3.30. The number of hydrogen-bond acceptors (Lipinski definition) is 1. The van der Waals surface area contributed by atoms with Gasteiger partial charge in [0.05, 0.1) is 0 Å². The molecule has 0 aromatic rings. The Bertz CT molecular complexity index is 285. The van der Waals surface area contributed by atoms with Crippen molar-refractivity contribution in [1.82, 2.24) is 0 Å². The largest absolute Gasteiger partial charge is 0.449 e. The summed E-state index contributed by atoms with van der Waals surface area (Å²) in [6, 6.07) is 5.19. The van der Waals surface area contributed by atoms with Gasteiger partial charge in [-0.1, -0.05) is 90.5 Å². The van der Waals surface area contributed by atoms with Gasteiger partial charge in [-0.2, -0.15) is 0 Å². The molecular formula is C20H42OSi2. The van der Waals surface area contributed by atoms with Crippen molar-refractivity contribution >= 4 is 16.6 Å². The van der Waals surface area contributed by atoms with Crippen LogP contribution in [0.2, 0.25) is 24.2 Å². The van der Waals surface area contributed by atoms with Gasteiger partial charge in [-0.3, -0.25) is 0 Å². The maximum atomic E-state index is 7.17. The van der Waals surface area contributed by atoms with Crippen LogP contribution >= 0.6 is 0 Å². The first-order valence-electron chi connectivity index (χ1n) is 10.0. The Hall–Kier alpha value is -0.126. The second-order valence-electron chi connectivity index (χ2n) is 7.06. The molecule has 0 saturated heterocycles. The van der Waals surface area contributed by atoms with Crippen LogP contribution in [0.25, 0.3) is 0 Å². The Morgan fingerprint density at radius 3 is 1.30 bits per heavy atom. The molecule has 0 heterocycles. The van der Waals surface area contributed by atoms with Crippen LogP contribution in [0.1, 0.15) is 79.1 Å². The van der Waals surface area contributed by atoms with Crippen molar-refractivity contribution in [2.24, 2.45) is 0 Å². The lowest BCUT2D eigenvalue weighted by Crippen LogP contribution is -2.50. The van der Waals surface area contributed by atoms with Crippen LogP contribution in [0.3, 0.4) is 0 Å². The van der Waals surface area contributed by atoms with Crippen molar-refractivity contribution in [1.29, 1.82) is 0 Å². The van der Waals surface area contributed by atoms with E-state index in [1.807, 2.05) is 0 Å². The quantitative estimate of drug-likeness (QED) is 0.260. The fourth-order valence-corrected chi connectivity index (χ4v) is 14.1. The van der Waals surface area contributed by atoms with E-state index in [0.29, 0.717) is 0 Å². The Labute approximate surface area is 148 Å². The SMILES string of the molecule is C=C[Si](C=C)(CCCC)O[Si](CCCC)(CCCC)CCCC. The van der Waals surface area contributed by atoms with Crippen molar-refractivity contribution in [3.05, 3.63) is 24.6 Å². The predicted octanol–water partition coefficient (Wildman–Crippen LogP) is 7.54. The standard InChI is InChI=1S/C20H42OSi2/c1-7-13-17-22(11-5,12-6)21-23(18-14-8-2,19-15-9-3)20-16-10-4/h11-12H,5-10,13-20H2,1-4H3. The molecule has 0 aromatic carbocycles. The van der Waals surface area contributed by atoms with E-state index in [0.717, 1.165) is 0 Å². The summed E-state index contributed by atoms with van der Waals surface area (Å²) in [6.07, 6.45) is 10.3. The average Bonchev–Trinajstić information content (AvgIpc) is 2.59. The van der Waals surface area contributed by atoms with Crippen LogP contribution in [-0.4, -0.2) is 16.6 Å². The van der Waals surface area contributed by atoms with Crippen LogP contribution in [0.5, 0.6) is 0 Å². The van der Waals surface area contributed by atoms with Gasteiger partial charge in [0.2, 0.25) is 8.32 Å². The second-order valence-corrected chi connectivity index (χ2v) is 15.0. The zero-order valence-electron chi connectivity index (χ0n) is 16.5. The minimum absolute atomic E-state index is 1.18. The topological polar surface area (TPSA) is 9.23 Å². The molecule has 136 valence electrons. The third-order valence-corrected chi connectivity index (χ3v) is 14.5. The van der Waals surface area contributed by atoms with Gasteiger partial charge in [0.1, 0.15) is 0 Å². The van der Waals surface area contributed by atoms with E-state index in [4.69, 9.17) is 4.12 Å². The number of rotatable bonds is 16. The molecule has 0 bridgehead atoms. The first-order valence-corrected chi connectivity index (χ1v) is 14.8. The van der Waals surface area contributed by atoms with Gasteiger partial charge in [-0.15, -0.1) is 13.2 Å². The van der Waals surface area contributed by atoms with Crippen LogP contribution < -0.4 is 0 Å². The number of hydrogen-bond donors (Lipinski definition) is 0. The molecule has 0 saturated carbocycles. The monoisotopic (exact) mass is 354 g/mol. The Kier molecular flexibility index (Phi) is 13.1. The van der Waals surface area contributed by atoms with Gasteiger partial charge >= 0.3 is 0 Å². The van der Waals surface area contributed by atoms with Gasteiger partial charge in [0, 0.05) is 0 Å². The first kappa shape index (κ1) is 22.9. The Morgan fingerprint density at radius 2 is 1.00 bits per heavy atom. The molecule has 0 N–H and O–H groups in total. The van der Waals surface area contributed by atoms with Crippen LogP contribution in [0.15, 0.2) is 24.6 Å². The van der Waals surface area contributed by atoms with Crippen molar-refractivity contribution in [2.75, 3.05) is 0 Å². The molecule has 0 aliphatic carbocycles. The minimum atomic E-state index is -1.96. The summed E-state index contributed by atoms with van der Waals surface area (Å²) in [5.41, 5.74) is 4.34. The lowest BCUT2D eigenvalue weighted by Gasteiger charge is -2.40. The molecule has 23 heavy (non-hydrogen) atoms. The molecule has 0 rings (SSSR count). The first-order chi connectivity index (χ1) is 11.1. The van der Waals surface area contributed by atoms with E-state index in [2.05, 4.69) is 52.3 Å². The summed E-state index contributed by atoms with van der Waals surface area (Å²) in [5, 5.41) is 0. The normalized spacial score (nSPS) is 12.3. The van der Waals surface area contributed by atoms with E-state index in [9.17, 15) is 0 Å². The lowest BCUT2D eigenvalue weighted by atomic mass is 10.4. The van der Waals surface area contributed by atoms with Gasteiger partial charge in [-0.25, -0.2) is 0 Å². The van der Waals surface area contributed by atoms with Gasteiger partial charge < -0.3 is 4.12 Å². The summed E-state index contributed by atoms with van der Waals surface area (Å²) in [7, 11) is -3.63. The highest BCUT2D eigenvalue weighted by Crippen LogP contribution is 2.34. The maximum Gasteiger partial charge on any atom is 0.229 e. The van der Waals surface area contributed by atoms with Crippen LogP contribution in [0, 0.1) is 0 Å². The molecule has 0 unspecified atom stereocenters. The van der Waals surface area contributed by atoms with Gasteiger partial charge in [0.25, 0.3) is 0 Å². The fraction of sp³-hybridized carbons (Fsp3) is 0.800. The molecule has 0 aliphatic rings. The highest BCUT2D eigenvalue weighted by atomic mass is 28.4. The number of unbranched alkanes of at least 4 members (excludes halogenated alkanes) is 4. The van der Waals surface area contributed by atoms with E-state index >= 15 is 0 Å². The zero-order valence-corrected chi connectivity index (χ0v) is 18.5. The summed E-state index contributed by atoms with van der Waals surface area (Å²) in [6.45, 7) is 17.5. The predicted molar refractivity (Wildman–Crippen MR) is 112 cm³/mol. The molecular weight excluding hydrogens is 312 g/mol. The van der Waals surface area contributed by atoms with Crippen molar-refractivity contribution in [3.8, 4) is 0 Å². The zero-order chi connectivity index (χ0) is 17.6. The van der Waals surface area contributed by atoms with Crippen molar-refractivity contribution in [2.45, 2.75) is 103 Å². The second kappa shape index (κ2) is 13.2. The third kappa shape index (κ3) is 8.50. The molecule has 0 amide bonds. The molecule has 0 radical (unpaired) electrons. The van der Waals surface area contributed by atoms with Crippen LogP contribution in [0.4, 0.5) is 0 Å². The molecule has 0 atom stereocenters. The van der Waals surface area contributed by atoms with Gasteiger partial charge in [-0.05, 0) is 24.2 Å². The molecule has 1 nitrogen and oxygen atoms in total. The van der Waals surface area contributed by atoms with Crippen molar-refractivity contribution < 1.29 is 4.12 Å². The molecule has 0 spiro atoms. The summed E-state index contributed by atoms with van der Waals surface area (Å²) >= 11 is 0. The van der Waals surface area contributed by atoms with Crippen molar-refractivity contribution in [3.63, 3.8) is 0 Å². The summed E-state index contributed by atoms with van der Waals surface area (Å²) < 4.78 is 7.17. The van der Waals surface area contributed by atoms with E-state index < -0.39 is 16.6 Å². The minimum Gasteiger partial charge on any atom is -0.449 e. The van der Waals surface area contributed by atoms with Crippen LogP contribution in [-0.2, 0) is 4.12 Å². The summed E-state index contributed by atoms with van der Waals surface area (Å²) in [4.78, 5) is 0. The third-order valence-electron chi connectivity index (χ3n) is 4.98. The van der Waals surface area contributed by atoms with Gasteiger partial charge in [0.15, 0.2) is 8.32 Å². The molecule has 0 aliphatic heterocycles. The van der Waals surface area contributed by atoms with E-state index in [1.165, 1.54) is 75.5 Å². The molecule has 3 heteroatoms. The Morgan fingerprint density at radius 1 is 0.652 bits per heavy atom. The molecule has 0 fully saturated rings. The average molecular weight is 355 g/mol. The van der Waals surface area contributed by atoms with E-state index in [-0.39, 0.29) is 0 Å². The Balaban J connectivity index is 5.37. The summed E-state index contributed by atoms with van der Waals surface area (Å²) in [5.74, 6) is 0. The van der Waals surface area contributed by atoms with E-state index in [1.54, 1.807) is 0 Å².